The van der Waals surface area contributed by atoms with Gasteiger partial charge < -0.3 is 5.32 Å². The van der Waals surface area contributed by atoms with E-state index in [2.05, 4.69) is 5.32 Å². The molecule has 120 valence electrons. The molecule has 0 bridgehead atoms. The molecule has 5 nitrogen and oxygen atoms in total. The van der Waals surface area contributed by atoms with E-state index >= 15 is 0 Å². The number of carbonyl (C=O) groups is 1. The second-order valence-electron chi connectivity index (χ2n) is 5.86. The minimum Gasteiger partial charge on any atom is -0.352 e. The molecule has 0 unspecified atom stereocenters. The van der Waals surface area contributed by atoms with Crippen LogP contribution in [0.1, 0.15) is 32.1 Å². The number of sulfonamides is 1. The molecular formula is C15H19ClN2O3S. The smallest absolute Gasteiger partial charge is 0.243 e. The number of hydrogen-bond acceptors (Lipinski definition) is 3. The van der Waals surface area contributed by atoms with Crippen molar-refractivity contribution in [2.75, 3.05) is 6.54 Å². The van der Waals surface area contributed by atoms with Crippen LogP contribution in [0.25, 0.3) is 0 Å². The zero-order valence-corrected chi connectivity index (χ0v) is 13.7. The lowest BCUT2D eigenvalue weighted by Gasteiger charge is -2.33. The lowest BCUT2D eigenvalue weighted by atomic mass is 10.0. The maximum Gasteiger partial charge on any atom is 0.243 e. The number of piperidine rings is 1. The monoisotopic (exact) mass is 342 g/mol. The highest BCUT2D eigenvalue weighted by atomic mass is 35.5. The third kappa shape index (κ3) is 3.29. The molecule has 1 amide bonds. The fraction of sp³-hybridized carbons (Fsp3) is 0.533. The van der Waals surface area contributed by atoms with E-state index in [0.29, 0.717) is 18.0 Å². The first kappa shape index (κ1) is 15.8. The summed E-state index contributed by atoms with van der Waals surface area (Å²) in [5.41, 5.74) is 0. The molecule has 22 heavy (non-hydrogen) atoms. The van der Waals surface area contributed by atoms with Gasteiger partial charge in [-0.25, -0.2) is 8.42 Å². The Morgan fingerprint density at radius 1 is 1.14 bits per heavy atom. The number of carbonyl (C=O) groups excluding carboxylic acids is 1. The zero-order valence-electron chi connectivity index (χ0n) is 12.2. The number of rotatable bonds is 4. The van der Waals surface area contributed by atoms with Gasteiger partial charge in [0.05, 0.1) is 4.90 Å². The van der Waals surface area contributed by atoms with E-state index in [0.717, 1.165) is 25.7 Å². The van der Waals surface area contributed by atoms with Crippen molar-refractivity contribution in [2.45, 2.75) is 49.1 Å². The van der Waals surface area contributed by atoms with Crippen LogP contribution in [0.2, 0.25) is 5.02 Å². The predicted octanol–water partition coefficient (Wildman–Crippen LogP) is 2.16. The van der Waals surface area contributed by atoms with E-state index in [1.807, 2.05) is 0 Å². The standard InChI is InChI=1S/C15H19ClN2O3S/c16-11-4-8-13(9-5-11)22(20,21)18-10-2-1-3-14(18)15(19)17-12-6-7-12/h4-5,8-9,12,14H,1-3,6-7,10H2,(H,17,19)/t14-/m1/s1. The van der Waals surface area contributed by atoms with Crippen molar-refractivity contribution in [3.8, 4) is 0 Å². The molecule has 0 aromatic heterocycles. The van der Waals surface area contributed by atoms with Gasteiger partial charge in [-0.2, -0.15) is 4.31 Å². The molecule has 1 heterocycles. The topological polar surface area (TPSA) is 66.5 Å². The lowest BCUT2D eigenvalue weighted by Crippen LogP contribution is -2.52. The zero-order chi connectivity index (χ0) is 15.7. The molecule has 0 spiro atoms. The van der Waals surface area contributed by atoms with Crippen LogP contribution in [0.3, 0.4) is 0 Å². The normalized spacial score (nSPS) is 23.2. The van der Waals surface area contributed by atoms with Gasteiger partial charge in [0.15, 0.2) is 0 Å². The van der Waals surface area contributed by atoms with Gasteiger partial charge in [-0.15, -0.1) is 0 Å². The summed E-state index contributed by atoms with van der Waals surface area (Å²) in [6.45, 7) is 0.383. The summed E-state index contributed by atoms with van der Waals surface area (Å²) in [5, 5.41) is 3.41. The molecule has 1 saturated carbocycles. The van der Waals surface area contributed by atoms with Crippen molar-refractivity contribution in [3.05, 3.63) is 29.3 Å². The van der Waals surface area contributed by atoms with Gasteiger partial charge in [-0.05, 0) is 49.9 Å². The number of amides is 1. The number of nitrogens with zero attached hydrogens (tertiary/aromatic N) is 1. The molecule has 1 atom stereocenters. The van der Waals surface area contributed by atoms with Gasteiger partial charge in [0.1, 0.15) is 6.04 Å². The van der Waals surface area contributed by atoms with Crippen molar-refractivity contribution in [2.24, 2.45) is 0 Å². The Balaban J connectivity index is 1.85. The Labute approximate surface area is 135 Å². The number of halogens is 1. The molecule has 2 fully saturated rings. The molecule has 3 rings (SSSR count). The van der Waals surface area contributed by atoms with Crippen molar-refractivity contribution in [1.29, 1.82) is 0 Å². The predicted molar refractivity (Wildman–Crippen MR) is 84.1 cm³/mol. The maximum atomic E-state index is 12.8. The van der Waals surface area contributed by atoms with E-state index in [1.165, 1.54) is 16.4 Å². The van der Waals surface area contributed by atoms with Gasteiger partial charge in [0.25, 0.3) is 0 Å². The van der Waals surface area contributed by atoms with E-state index in [4.69, 9.17) is 11.6 Å². The van der Waals surface area contributed by atoms with Gasteiger partial charge in [0.2, 0.25) is 15.9 Å². The van der Waals surface area contributed by atoms with Crippen LogP contribution in [0.5, 0.6) is 0 Å². The molecule has 2 aliphatic rings. The molecule has 1 N–H and O–H groups in total. The molecular weight excluding hydrogens is 324 g/mol. The van der Waals surface area contributed by atoms with Gasteiger partial charge >= 0.3 is 0 Å². The third-order valence-corrected chi connectivity index (χ3v) is 6.27. The highest BCUT2D eigenvalue weighted by Crippen LogP contribution is 2.27. The fourth-order valence-corrected chi connectivity index (χ4v) is 4.50. The van der Waals surface area contributed by atoms with Crippen molar-refractivity contribution >= 4 is 27.5 Å². The van der Waals surface area contributed by atoms with E-state index in [-0.39, 0.29) is 16.8 Å². The quantitative estimate of drug-likeness (QED) is 0.911. The largest absolute Gasteiger partial charge is 0.352 e. The van der Waals surface area contributed by atoms with E-state index < -0.39 is 16.1 Å². The van der Waals surface area contributed by atoms with Crippen molar-refractivity contribution < 1.29 is 13.2 Å². The van der Waals surface area contributed by atoms with E-state index in [9.17, 15) is 13.2 Å². The Bertz CT molecular complexity index is 656. The van der Waals surface area contributed by atoms with Crippen molar-refractivity contribution in [1.82, 2.24) is 9.62 Å². The van der Waals surface area contributed by atoms with Crippen molar-refractivity contribution in [3.63, 3.8) is 0 Å². The van der Waals surface area contributed by atoms with Crippen LogP contribution < -0.4 is 5.32 Å². The van der Waals surface area contributed by atoms with Crippen LogP contribution in [-0.2, 0) is 14.8 Å². The van der Waals surface area contributed by atoms with Crippen LogP contribution in [0.4, 0.5) is 0 Å². The lowest BCUT2D eigenvalue weighted by molar-refractivity contribution is -0.125. The average Bonchev–Trinajstić information content (AvgIpc) is 3.31. The Morgan fingerprint density at radius 2 is 1.82 bits per heavy atom. The Kier molecular flexibility index (Phi) is 4.43. The average molecular weight is 343 g/mol. The minimum absolute atomic E-state index is 0.167. The highest BCUT2D eigenvalue weighted by Gasteiger charge is 2.39. The second-order valence-corrected chi connectivity index (χ2v) is 8.19. The molecule has 1 aliphatic heterocycles. The molecule has 1 aromatic carbocycles. The summed E-state index contributed by atoms with van der Waals surface area (Å²) >= 11 is 5.82. The van der Waals surface area contributed by atoms with Gasteiger partial charge in [-0.1, -0.05) is 18.0 Å². The maximum absolute atomic E-state index is 12.8. The third-order valence-electron chi connectivity index (χ3n) is 4.10. The summed E-state index contributed by atoms with van der Waals surface area (Å²) in [4.78, 5) is 12.5. The van der Waals surface area contributed by atoms with Gasteiger partial charge in [-0.3, -0.25) is 4.79 Å². The molecule has 7 heteroatoms. The SMILES string of the molecule is O=C(NC1CC1)[C@H]1CCCCN1S(=O)(=O)c1ccc(Cl)cc1. The first-order chi connectivity index (χ1) is 10.5. The molecule has 0 radical (unpaired) electrons. The van der Waals surface area contributed by atoms with E-state index in [1.54, 1.807) is 12.1 Å². The number of hydrogen-bond donors (Lipinski definition) is 1. The number of nitrogens with one attached hydrogen (secondary N) is 1. The summed E-state index contributed by atoms with van der Waals surface area (Å²) in [5.74, 6) is -0.167. The highest BCUT2D eigenvalue weighted by molar-refractivity contribution is 7.89. The summed E-state index contributed by atoms with van der Waals surface area (Å²) in [7, 11) is -3.67. The minimum atomic E-state index is -3.67. The molecule has 1 aliphatic carbocycles. The van der Waals surface area contributed by atoms with Gasteiger partial charge in [0, 0.05) is 17.6 Å². The Hall–Kier alpha value is -1.11. The first-order valence-corrected chi connectivity index (χ1v) is 9.38. The number of benzene rings is 1. The Morgan fingerprint density at radius 3 is 2.45 bits per heavy atom. The summed E-state index contributed by atoms with van der Waals surface area (Å²) in [6, 6.07) is 5.71. The van der Waals surface area contributed by atoms with Crippen LogP contribution in [0.15, 0.2) is 29.2 Å². The van der Waals surface area contributed by atoms with Crippen LogP contribution in [0, 0.1) is 0 Å². The molecule has 1 saturated heterocycles. The summed E-state index contributed by atoms with van der Waals surface area (Å²) < 4.78 is 27.0. The summed E-state index contributed by atoms with van der Waals surface area (Å²) in [6.07, 6.45) is 4.20. The second kappa shape index (κ2) is 6.18. The van der Waals surface area contributed by atoms with Crippen LogP contribution >= 0.6 is 11.6 Å². The fourth-order valence-electron chi connectivity index (χ4n) is 2.72. The molecule has 1 aromatic rings. The first-order valence-electron chi connectivity index (χ1n) is 7.56. The van der Waals surface area contributed by atoms with Crippen LogP contribution in [-0.4, -0.2) is 37.3 Å².